The van der Waals surface area contributed by atoms with Crippen LogP contribution >= 0.6 is 11.6 Å². The molecule has 0 spiro atoms. The van der Waals surface area contributed by atoms with E-state index in [9.17, 15) is 0 Å². The van der Waals surface area contributed by atoms with Crippen molar-refractivity contribution in [2.24, 2.45) is 0 Å². The van der Waals surface area contributed by atoms with Crippen molar-refractivity contribution in [3.63, 3.8) is 0 Å². The molecule has 0 heterocycles. The van der Waals surface area contributed by atoms with E-state index in [0.29, 0.717) is 23.8 Å². The van der Waals surface area contributed by atoms with Gasteiger partial charge in [-0.2, -0.15) is 5.26 Å². The lowest BCUT2D eigenvalue weighted by atomic mass is 10.2. The quantitative estimate of drug-likeness (QED) is 0.781. The zero-order chi connectivity index (χ0) is 12.7. The Labute approximate surface area is 108 Å². The van der Waals surface area contributed by atoms with Crippen LogP contribution in [0.3, 0.4) is 0 Å². The first-order valence-electron chi connectivity index (χ1n) is 5.59. The van der Waals surface area contributed by atoms with Crippen LogP contribution in [0, 0.1) is 11.3 Å². The summed E-state index contributed by atoms with van der Waals surface area (Å²) in [6.45, 7) is 3.36. The normalized spacial score (nSPS) is 12.2. The maximum atomic E-state index is 8.60. The van der Waals surface area contributed by atoms with E-state index in [4.69, 9.17) is 21.6 Å². The van der Waals surface area contributed by atoms with E-state index >= 15 is 0 Å². The van der Waals surface area contributed by atoms with Gasteiger partial charge in [-0.15, -0.1) is 0 Å². The average molecular weight is 253 g/mol. The van der Waals surface area contributed by atoms with Crippen LogP contribution in [0.25, 0.3) is 0 Å². The molecule has 17 heavy (non-hydrogen) atoms. The second kappa shape index (κ2) is 7.16. The lowest BCUT2D eigenvalue weighted by molar-refractivity contribution is 0.201. The van der Waals surface area contributed by atoms with Crippen molar-refractivity contribution in [1.82, 2.24) is 4.90 Å². The highest BCUT2D eigenvalue weighted by Crippen LogP contribution is 2.22. The molecule has 4 heteroatoms. The fourth-order valence-electron chi connectivity index (χ4n) is 1.37. The summed E-state index contributed by atoms with van der Waals surface area (Å²) in [7, 11) is 1.98. The van der Waals surface area contributed by atoms with Gasteiger partial charge in [0.25, 0.3) is 0 Å². The predicted octanol–water partition coefficient (Wildman–Crippen LogP) is 2.95. The molecule has 3 nitrogen and oxygen atoms in total. The van der Waals surface area contributed by atoms with E-state index in [0.717, 1.165) is 6.54 Å². The minimum Gasteiger partial charge on any atom is -0.491 e. The number of ether oxygens (including phenoxy) is 1. The number of benzene rings is 1. The molecule has 1 rings (SSSR count). The highest BCUT2D eigenvalue weighted by atomic mass is 35.5. The molecule has 1 atom stereocenters. The highest BCUT2D eigenvalue weighted by Gasteiger charge is 2.08. The molecule has 0 saturated carbocycles. The summed E-state index contributed by atoms with van der Waals surface area (Å²) in [5.41, 5.74) is 0. The average Bonchev–Trinajstić information content (AvgIpc) is 2.31. The van der Waals surface area contributed by atoms with E-state index in [-0.39, 0.29) is 6.04 Å². The zero-order valence-corrected chi connectivity index (χ0v) is 10.9. The van der Waals surface area contributed by atoms with Crippen LogP contribution in [0.5, 0.6) is 5.75 Å². The Kier molecular flexibility index (Phi) is 5.82. The standard InChI is InChI=1S/C13H17ClN2O/c1-11(7-8-15)16(2)9-10-17-13-6-4-3-5-12(13)14/h3-6,11H,7,9-10H2,1-2H3. The van der Waals surface area contributed by atoms with Crippen molar-refractivity contribution in [1.29, 1.82) is 5.26 Å². The van der Waals surface area contributed by atoms with Crippen LogP contribution in [-0.2, 0) is 0 Å². The molecule has 1 aromatic rings. The molecule has 0 aliphatic rings. The highest BCUT2D eigenvalue weighted by molar-refractivity contribution is 6.32. The molecule has 1 unspecified atom stereocenters. The second-order valence-electron chi connectivity index (χ2n) is 3.97. The number of likely N-dealkylation sites (N-methyl/N-ethyl adjacent to an activating group) is 1. The molecule has 0 saturated heterocycles. The van der Waals surface area contributed by atoms with Gasteiger partial charge in [-0.25, -0.2) is 0 Å². The molecule has 0 aliphatic carbocycles. The van der Waals surface area contributed by atoms with Gasteiger partial charge in [0, 0.05) is 12.6 Å². The van der Waals surface area contributed by atoms with E-state index in [2.05, 4.69) is 11.0 Å². The lowest BCUT2D eigenvalue weighted by Gasteiger charge is -2.22. The number of rotatable bonds is 6. The summed E-state index contributed by atoms with van der Waals surface area (Å²) >= 11 is 5.97. The Morgan fingerprint density at radius 2 is 2.18 bits per heavy atom. The Morgan fingerprint density at radius 1 is 1.47 bits per heavy atom. The van der Waals surface area contributed by atoms with Crippen LogP contribution in [0.4, 0.5) is 0 Å². The monoisotopic (exact) mass is 252 g/mol. The van der Waals surface area contributed by atoms with Gasteiger partial charge in [0.2, 0.25) is 0 Å². The third-order valence-corrected chi connectivity index (χ3v) is 2.99. The first kappa shape index (κ1) is 13.8. The molecule has 0 bridgehead atoms. The Morgan fingerprint density at radius 3 is 2.82 bits per heavy atom. The fraction of sp³-hybridized carbons (Fsp3) is 0.462. The van der Waals surface area contributed by atoms with Crippen LogP contribution in [0.2, 0.25) is 5.02 Å². The second-order valence-corrected chi connectivity index (χ2v) is 4.38. The van der Waals surface area contributed by atoms with E-state index in [1.807, 2.05) is 32.2 Å². The summed E-state index contributed by atoms with van der Waals surface area (Å²) in [6.07, 6.45) is 0.530. The number of nitrogens with zero attached hydrogens (tertiary/aromatic N) is 2. The van der Waals surface area contributed by atoms with Crippen LogP contribution in [-0.4, -0.2) is 31.1 Å². The zero-order valence-electron chi connectivity index (χ0n) is 10.2. The minimum atomic E-state index is 0.245. The first-order chi connectivity index (χ1) is 8.15. The molecule has 92 valence electrons. The molecule has 0 radical (unpaired) electrons. The SMILES string of the molecule is CC(CC#N)N(C)CCOc1ccccc1Cl. The van der Waals surface area contributed by atoms with Crippen molar-refractivity contribution in [3.8, 4) is 11.8 Å². The van der Waals surface area contributed by atoms with Gasteiger partial charge < -0.3 is 4.74 Å². The van der Waals surface area contributed by atoms with Crippen LogP contribution in [0.15, 0.2) is 24.3 Å². The molecule has 0 fully saturated rings. The van der Waals surface area contributed by atoms with Crippen LogP contribution < -0.4 is 4.74 Å². The van der Waals surface area contributed by atoms with Gasteiger partial charge >= 0.3 is 0 Å². The van der Waals surface area contributed by atoms with Crippen molar-refractivity contribution < 1.29 is 4.74 Å². The van der Waals surface area contributed by atoms with Gasteiger partial charge in [-0.05, 0) is 26.1 Å². The van der Waals surface area contributed by atoms with Gasteiger partial charge in [0.15, 0.2) is 0 Å². The molecule has 0 N–H and O–H groups in total. The fourth-order valence-corrected chi connectivity index (χ4v) is 1.56. The van der Waals surface area contributed by atoms with Crippen LogP contribution in [0.1, 0.15) is 13.3 Å². The molecule has 0 aliphatic heterocycles. The van der Waals surface area contributed by atoms with Crippen molar-refractivity contribution in [2.75, 3.05) is 20.2 Å². The van der Waals surface area contributed by atoms with Gasteiger partial charge in [0.05, 0.1) is 17.5 Å². The summed E-state index contributed by atoms with van der Waals surface area (Å²) in [4.78, 5) is 2.10. The topological polar surface area (TPSA) is 36.3 Å². The van der Waals surface area contributed by atoms with E-state index in [1.54, 1.807) is 6.07 Å². The lowest BCUT2D eigenvalue weighted by Crippen LogP contribution is -2.32. The largest absolute Gasteiger partial charge is 0.491 e. The molecule has 0 aromatic heterocycles. The van der Waals surface area contributed by atoms with Crippen molar-refractivity contribution >= 4 is 11.6 Å². The number of hydrogen-bond donors (Lipinski definition) is 0. The van der Waals surface area contributed by atoms with Crippen molar-refractivity contribution in [2.45, 2.75) is 19.4 Å². The Balaban J connectivity index is 2.33. The van der Waals surface area contributed by atoms with Gasteiger partial charge in [-0.3, -0.25) is 4.90 Å². The summed E-state index contributed by atoms with van der Waals surface area (Å²) in [5.74, 6) is 0.704. The predicted molar refractivity (Wildman–Crippen MR) is 69.3 cm³/mol. The van der Waals surface area contributed by atoms with Crippen molar-refractivity contribution in [3.05, 3.63) is 29.3 Å². The third-order valence-electron chi connectivity index (χ3n) is 2.68. The maximum Gasteiger partial charge on any atom is 0.137 e. The minimum absolute atomic E-state index is 0.245. The number of para-hydroxylation sites is 1. The smallest absolute Gasteiger partial charge is 0.137 e. The molecular weight excluding hydrogens is 236 g/mol. The molecular formula is C13H17ClN2O. The number of halogens is 1. The molecule has 0 amide bonds. The summed E-state index contributed by atoms with van der Waals surface area (Å²) < 4.78 is 5.58. The Bertz CT molecular complexity index is 389. The van der Waals surface area contributed by atoms with E-state index < -0.39 is 0 Å². The number of hydrogen-bond acceptors (Lipinski definition) is 3. The first-order valence-corrected chi connectivity index (χ1v) is 5.97. The molecule has 1 aromatic carbocycles. The van der Waals surface area contributed by atoms with E-state index in [1.165, 1.54) is 0 Å². The summed E-state index contributed by atoms with van der Waals surface area (Å²) in [5, 5.41) is 9.23. The number of nitriles is 1. The maximum absolute atomic E-state index is 8.60. The third kappa shape index (κ3) is 4.64. The van der Waals surface area contributed by atoms with Gasteiger partial charge in [-0.1, -0.05) is 23.7 Å². The summed E-state index contributed by atoms with van der Waals surface area (Å²) in [6, 6.07) is 9.82. The van der Waals surface area contributed by atoms with Gasteiger partial charge in [0.1, 0.15) is 12.4 Å². The Hall–Kier alpha value is -1.24.